The number of hydrogen-bond donors (Lipinski definition) is 2. The first-order valence-electron chi connectivity index (χ1n) is 11.6. The van der Waals surface area contributed by atoms with Gasteiger partial charge in [0.1, 0.15) is 5.82 Å². The molecule has 1 aromatic heterocycles. The quantitative estimate of drug-likeness (QED) is 0.536. The Bertz CT molecular complexity index is 1040. The Hall–Kier alpha value is -2.74. The summed E-state index contributed by atoms with van der Waals surface area (Å²) in [6.45, 7) is 4.32. The van der Waals surface area contributed by atoms with Crippen LogP contribution in [0.1, 0.15) is 35.6 Å². The number of para-hydroxylation sites is 1. The fourth-order valence-electron chi connectivity index (χ4n) is 4.65. The number of ether oxygens (including phenoxy) is 1. The number of hydrogen-bond acceptors (Lipinski definition) is 4. The zero-order valence-electron chi connectivity index (χ0n) is 19.2. The fourth-order valence-corrected chi connectivity index (χ4v) is 4.74. The van der Waals surface area contributed by atoms with Crippen molar-refractivity contribution in [1.29, 1.82) is 0 Å². The molecule has 7 heteroatoms. The third-order valence-electron chi connectivity index (χ3n) is 6.30. The van der Waals surface area contributed by atoms with Gasteiger partial charge in [0.25, 0.3) is 0 Å². The van der Waals surface area contributed by atoms with Crippen LogP contribution in [-0.2, 0) is 17.6 Å². The molecule has 0 spiro atoms. The first-order chi connectivity index (χ1) is 16.2. The molecule has 0 radical (unpaired) electrons. The number of nitrogens with zero attached hydrogens (tertiary/aromatic N) is 3. The van der Waals surface area contributed by atoms with Crippen LogP contribution in [0.4, 0.5) is 5.82 Å². The molecule has 0 saturated carbocycles. The molecule has 2 heterocycles. The van der Waals surface area contributed by atoms with E-state index >= 15 is 0 Å². The minimum Gasteiger partial charge on any atom is -0.383 e. The van der Waals surface area contributed by atoms with Crippen LogP contribution in [0.15, 0.2) is 60.7 Å². The van der Waals surface area contributed by atoms with Crippen LogP contribution in [-0.4, -0.2) is 53.1 Å². The van der Waals surface area contributed by atoms with Crippen molar-refractivity contribution in [3.63, 3.8) is 0 Å². The normalized spacial score (nSPS) is 17.3. The topological polar surface area (TPSA) is 68.3 Å². The summed E-state index contributed by atoms with van der Waals surface area (Å²) >= 11 is 4.95. The summed E-state index contributed by atoms with van der Waals surface area (Å²) in [6.07, 6.45) is 4.50. The second-order valence-corrected chi connectivity index (χ2v) is 8.99. The molecule has 33 heavy (non-hydrogen) atoms. The number of rotatable bonds is 6. The molecular formula is C26H33N5OS. The van der Waals surface area contributed by atoms with Gasteiger partial charge in [0.05, 0.1) is 18.0 Å². The van der Waals surface area contributed by atoms with Crippen LogP contribution in [0.25, 0.3) is 5.69 Å². The number of anilines is 1. The SMILES string of the molecule is COCCN1CCC(c2ccccc2)C1.NC(=S)Nc1c2c(nn1-c1ccccc1)CCC2. The van der Waals surface area contributed by atoms with Crippen molar-refractivity contribution in [2.75, 3.05) is 38.7 Å². The van der Waals surface area contributed by atoms with Gasteiger partial charge in [-0.05, 0) is 68.1 Å². The van der Waals surface area contributed by atoms with E-state index in [9.17, 15) is 0 Å². The zero-order valence-corrected chi connectivity index (χ0v) is 20.1. The standard InChI is InChI=1S/C13H14N4S.C13H19NO/c14-13(18)15-12-10-7-4-8-11(10)16-17(12)9-5-2-1-3-6-9;1-15-10-9-14-8-7-13(11-14)12-5-3-2-4-6-12/h1-3,5-6H,4,7-8H2,(H3,14,15,18);2-6,13H,7-11H2,1H3. The predicted molar refractivity (Wildman–Crippen MR) is 138 cm³/mol. The average molecular weight is 464 g/mol. The summed E-state index contributed by atoms with van der Waals surface area (Å²) in [7, 11) is 1.77. The summed E-state index contributed by atoms with van der Waals surface area (Å²) in [5.74, 6) is 1.64. The van der Waals surface area contributed by atoms with Gasteiger partial charge in [-0.15, -0.1) is 0 Å². The number of aryl methyl sites for hydroxylation is 1. The minimum absolute atomic E-state index is 0.279. The number of aromatic nitrogens is 2. The maximum Gasteiger partial charge on any atom is 0.169 e. The van der Waals surface area contributed by atoms with Crippen LogP contribution in [0.2, 0.25) is 0 Å². The van der Waals surface area contributed by atoms with E-state index in [2.05, 4.69) is 45.6 Å². The van der Waals surface area contributed by atoms with Crippen molar-refractivity contribution in [1.82, 2.24) is 14.7 Å². The van der Waals surface area contributed by atoms with Crippen LogP contribution in [0.3, 0.4) is 0 Å². The van der Waals surface area contributed by atoms with Gasteiger partial charge in [-0.1, -0.05) is 48.5 Å². The number of nitrogens with two attached hydrogens (primary N) is 1. The molecule has 2 aromatic carbocycles. The number of likely N-dealkylation sites (tertiary alicyclic amines) is 1. The van der Waals surface area contributed by atoms with Crippen molar-refractivity contribution in [3.05, 3.63) is 77.5 Å². The van der Waals surface area contributed by atoms with Crippen molar-refractivity contribution in [2.24, 2.45) is 5.73 Å². The van der Waals surface area contributed by atoms with E-state index in [0.29, 0.717) is 0 Å². The van der Waals surface area contributed by atoms with E-state index in [0.717, 1.165) is 55.5 Å². The molecule has 3 N–H and O–H groups in total. The number of benzene rings is 2. The summed E-state index contributed by atoms with van der Waals surface area (Å²) in [5, 5.41) is 7.99. The van der Waals surface area contributed by atoms with Gasteiger partial charge < -0.3 is 20.7 Å². The highest BCUT2D eigenvalue weighted by atomic mass is 32.1. The Morgan fingerprint density at radius 1 is 1.12 bits per heavy atom. The molecule has 1 unspecified atom stereocenters. The molecular weight excluding hydrogens is 430 g/mol. The van der Waals surface area contributed by atoms with E-state index in [4.69, 9.17) is 22.7 Å². The molecule has 0 bridgehead atoms. The Labute approximate surface area is 201 Å². The van der Waals surface area contributed by atoms with Gasteiger partial charge in [-0.3, -0.25) is 0 Å². The average Bonchev–Trinajstić information content (AvgIpc) is 3.57. The van der Waals surface area contributed by atoms with Crippen LogP contribution >= 0.6 is 12.2 Å². The highest BCUT2D eigenvalue weighted by Gasteiger charge is 2.24. The predicted octanol–water partition coefficient (Wildman–Crippen LogP) is 4.14. The number of nitrogens with one attached hydrogen (secondary N) is 1. The van der Waals surface area contributed by atoms with Crippen LogP contribution in [0.5, 0.6) is 0 Å². The van der Waals surface area contributed by atoms with E-state index in [1.807, 2.05) is 35.0 Å². The maximum atomic E-state index is 5.60. The maximum absolute atomic E-state index is 5.60. The lowest BCUT2D eigenvalue weighted by atomic mass is 9.99. The third-order valence-corrected chi connectivity index (χ3v) is 6.41. The fraction of sp³-hybridized carbons (Fsp3) is 0.385. The lowest BCUT2D eigenvalue weighted by Gasteiger charge is -2.15. The second kappa shape index (κ2) is 11.4. The van der Waals surface area contributed by atoms with Gasteiger partial charge in [-0.2, -0.15) is 5.10 Å². The van der Waals surface area contributed by atoms with Gasteiger partial charge >= 0.3 is 0 Å². The van der Waals surface area contributed by atoms with Gasteiger partial charge in [0.15, 0.2) is 5.11 Å². The van der Waals surface area contributed by atoms with Crippen LogP contribution in [0, 0.1) is 0 Å². The van der Waals surface area contributed by atoms with Crippen molar-refractivity contribution >= 4 is 23.1 Å². The monoisotopic (exact) mass is 463 g/mol. The molecule has 5 rings (SSSR count). The summed E-state index contributed by atoms with van der Waals surface area (Å²) in [6, 6.07) is 20.8. The lowest BCUT2D eigenvalue weighted by molar-refractivity contribution is 0.160. The van der Waals surface area contributed by atoms with Crippen molar-refractivity contribution in [2.45, 2.75) is 31.6 Å². The lowest BCUT2D eigenvalue weighted by Crippen LogP contribution is -2.24. The Balaban J connectivity index is 0.000000160. The first kappa shape index (κ1) is 23.4. The summed E-state index contributed by atoms with van der Waals surface area (Å²) in [5.41, 5.74) is 10.5. The molecule has 1 saturated heterocycles. The zero-order chi connectivity index (χ0) is 23.0. The van der Waals surface area contributed by atoms with Gasteiger partial charge in [-0.25, -0.2) is 4.68 Å². The van der Waals surface area contributed by atoms with E-state index < -0.39 is 0 Å². The molecule has 2 aliphatic rings. The molecule has 174 valence electrons. The Morgan fingerprint density at radius 2 is 1.85 bits per heavy atom. The minimum atomic E-state index is 0.279. The first-order valence-corrected chi connectivity index (χ1v) is 12.1. The van der Waals surface area contributed by atoms with Gasteiger partial charge in [0, 0.05) is 25.8 Å². The van der Waals surface area contributed by atoms with Crippen molar-refractivity contribution in [3.8, 4) is 5.69 Å². The van der Waals surface area contributed by atoms with Crippen molar-refractivity contribution < 1.29 is 4.74 Å². The van der Waals surface area contributed by atoms with E-state index in [1.54, 1.807) is 7.11 Å². The second-order valence-electron chi connectivity index (χ2n) is 8.55. The van der Waals surface area contributed by atoms with E-state index in [-0.39, 0.29) is 5.11 Å². The molecule has 6 nitrogen and oxygen atoms in total. The molecule has 1 aliphatic carbocycles. The smallest absolute Gasteiger partial charge is 0.169 e. The Kier molecular flexibility index (Phi) is 8.10. The number of fused-ring (bicyclic) bond motifs is 1. The Morgan fingerprint density at radius 3 is 2.55 bits per heavy atom. The van der Waals surface area contributed by atoms with E-state index in [1.165, 1.54) is 30.6 Å². The van der Waals surface area contributed by atoms with Gasteiger partial charge in [0.2, 0.25) is 0 Å². The van der Waals surface area contributed by atoms with Crippen LogP contribution < -0.4 is 11.1 Å². The number of methoxy groups -OCH3 is 1. The summed E-state index contributed by atoms with van der Waals surface area (Å²) < 4.78 is 6.99. The number of thiocarbonyl (C=S) groups is 1. The third kappa shape index (κ3) is 5.99. The largest absolute Gasteiger partial charge is 0.383 e. The highest BCUT2D eigenvalue weighted by molar-refractivity contribution is 7.80. The molecule has 1 atom stereocenters. The molecule has 1 fully saturated rings. The molecule has 3 aromatic rings. The summed E-state index contributed by atoms with van der Waals surface area (Å²) in [4.78, 5) is 2.49. The molecule has 1 aliphatic heterocycles. The highest BCUT2D eigenvalue weighted by Crippen LogP contribution is 2.30. The molecule has 0 amide bonds.